The fourth-order valence-corrected chi connectivity index (χ4v) is 3.06. The van der Waals surface area contributed by atoms with Crippen LogP contribution in [0.15, 0.2) is 47.4 Å². The molecule has 0 bridgehead atoms. The van der Waals surface area contributed by atoms with Crippen molar-refractivity contribution < 1.29 is 23.5 Å². The highest BCUT2D eigenvalue weighted by Gasteiger charge is 2.21. The number of anilines is 2. The van der Waals surface area contributed by atoms with E-state index in [2.05, 4.69) is 10.6 Å². The molecule has 0 radical (unpaired) electrons. The van der Waals surface area contributed by atoms with E-state index < -0.39 is 23.8 Å². The molecule has 2 amide bonds. The maximum absolute atomic E-state index is 12.9. The molecule has 2 aromatic carbocycles. The lowest BCUT2D eigenvalue weighted by molar-refractivity contribution is -0.123. The van der Waals surface area contributed by atoms with E-state index in [4.69, 9.17) is 4.74 Å². The van der Waals surface area contributed by atoms with E-state index in [0.717, 1.165) is 4.90 Å². The zero-order chi connectivity index (χ0) is 18.7. The van der Waals surface area contributed by atoms with Gasteiger partial charge in [0, 0.05) is 10.6 Å². The summed E-state index contributed by atoms with van der Waals surface area (Å²) in [5, 5.41) is 5.23. The van der Waals surface area contributed by atoms with Crippen LogP contribution < -0.4 is 10.6 Å². The predicted octanol–water partition coefficient (Wildman–Crippen LogP) is 3.05. The van der Waals surface area contributed by atoms with E-state index >= 15 is 0 Å². The van der Waals surface area contributed by atoms with Crippen molar-refractivity contribution in [3.63, 3.8) is 0 Å². The van der Waals surface area contributed by atoms with Gasteiger partial charge in [-0.05, 0) is 49.4 Å². The Hall–Kier alpha value is -2.87. The van der Waals surface area contributed by atoms with Gasteiger partial charge in [-0.1, -0.05) is 0 Å². The summed E-state index contributed by atoms with van der Waals surface area (Å²) in [6.45, 7) is 1.44. The van der Waals surface area contributed by atoms with Crippen LogP contribution in [0.3, 0.4) is 0 Å². The third-order valence-electron chi connectivity index (χ3n) is 3.61. The van der Waals surface area contributed by atoms with Crippen molar-refractivity contribution in [3.05, 3.63) is 53.8 Å². The topological polar surface area (TPSA) is 84.5 Å². The number of carbonyl (C=O) groups is 3. The first-order valence-electron chi connectivity index (χ1n) is 7.76. The lowest BCUT2D eigenvalue weighted by Crippen LogP contribution is -2.30. The fourth-order valence-electron chi connectivity index (χ4n) is 2.27. The average Bonchev–Trinajstić information content (AvgIpc) is 2.62. The quantitative estimate of drug-likeness (QED) is 0.804. The van der Waals surface area contributed by atoms with E-state index in [-0.39, 0.29) is 11.5 Å². The van der Waals surface area contributed by atoms with Gasteiger partial charge >= 0.3 is 5.97 Å². The molecule has 0 saturated heterocycles. The zero-order valence-corrected chi connectivity index (χ0v) is 14.6. The lowest BCUT2D eigenvalue weighted by Gasteiger charge is -2.17. The number of ether oxygens (including phenoxy) is 1. The van der Waals surface area contributed by atoms with Crippen LogP contribution >= 0.6 is 11.8 Å². The molecular formula is C18H15FN2O4S. The molecule has 134 valence electrons. The molecule has 0 aromatic heterocycles. The van der Waals surface area contributed by atoms with Crippen LogP contribution in [0, 0.1) is 5.82 Å². The first-order valence-corrected chi connectivity index (χ1v) is 8.75. The van der Waals surface area contributed by atoms with E-state index in [1.54, 1.807) is 12.1 Å². The third-order valence-corrected chi connectivity index (χ3v) is 4.69. The minimum absolute atomic E-state index is 0.139. The predicted molar refractivity (Wildman–Crippen MR) is 95.7 cm³/mol. The van der Waals surface area contributed by atoms with Gasteiger partial charge in [-0.15, -0.1) is 11.8 Å². The second kappa shape index (κ2) is 7.57. The van der Waals surface area contributed by atoms with Gasteiger partial charge in [0.2, 0.25) is 5.91 Å². The van der Waals surface area contributed by atoms with Gasteiger partial charge < -0.3 is 15.4 Å². The number of benzene rings is 2. The molecule has 0 aliphatic carbocycles. The van der Waals surface area contributed by atoms with Gasteiger partial charge in [0.1, 0.15) is 5.82 Å². The number of halogens is 1. The number of rotatable bonds is 4. The monoisotopic (exact) mass is 374 g/mol. The highest BCUT2D eigenvalue weighted by Crippen LogP contribution is 2.32. The molecule has 0 saturated carbocycles. The molecule has 1 aliphatic heterocycles. The summed E-state index contributed by atoms with van der Waals surface area (Å²) >= 11 is 1.38. The summed E-state index contributed by atoms with van der Waals surface area (Å²) in [4.78, 5) is 36.7. The Morgan fingerprint density at radius 3 is 2.69 bits per heavy atom. The summed E-state index contributed by atoms with van der Waals surface area (Å²) < 4.78 is 18.0. The van der Waals surface area contributed by atoms with Crippen molar-refractivity contribution in [1.29, 1.82) is 0 Å². The summed E-state index contributed by atoms with van der Waals surface area (Å²) in [5.74, 6) is -1.44. The van der Waals surface area contributed by atoms with Crippen LogP contribution in [-0.2, 0) is 14.3 Å². The number of fused-ring (bicyclic) bond motifs is 1. The molecule has 3 rings (SSSR count). The lowest BCUT2D eigenvalue weighted by atomic mass is 10.2. The first-order chi connectivity index (χ1) is 12.4. The maximum Gasteiger partial charge on any atom is 0.338 e. The molecule has 8 heteroatoms. The van der Waals surface area contributed by atoms with Gasteiger partial charge in [-0.2, -0.15) is 0 Å². The molecule has 1 atom stereocenters. The van der Waals surface area contributed by atoms with E-state index in [1.165, 1.54) is 49.0 Å². The first kappa shape index (κ1) is 17.9. The van der Waals surface area contributed by atoms with E-state index in [0.29, 0.717) is 17.1 Å². The highest BCUT2D eigenvalue weighted by atomic mass is 32.2. The molecule has 26 heavy (non-hydrogen) atoms. The van der Waals surface area contributed by atoms with Crippen LogP contribution in [-0.4, -0.2) is 29.6 Å². The molecule has 1 heterocycles. The van der Waals surface area contributed by atoms with E-state index in [1.807, 2.05) is 0 Å². The van der Waals surface area contributed by atoms with Crippen molar-refractivity contribution in [2.24, 2.45) is 0 Å². The smallest absolute Gasteiger partial charge is 0.338 e. The number of hydrogen-bond acceptors (Lipinski definition) is 5. The van der Waals surface area contributed by atoms with Gasteiger partial charge in [-0.3, -0.25) is 9.59 Å². The molecule has 2 aromatic rings. The van der Waals surface area contributed by atoms with Crippen LogP contribution in [0.4, 0.5) is 15.8 Å². The van der Waals surface area contributed by atoms with Crippen molar-refractivity contribution in [1.82, 2.24) is 0 Å². The zero-order valence-electron chi connectivity index (χ0n) is 13.7. The summed E-state index contributed by atoms with van der Waals surface area (Å²) in [7, 11) is 0. The fraction of sp³-hybridized carbons (Fsp3) is 0.167. The minimum atomic E-state index is -1.05. The summed E-state index contributed by atoms with van der Waals surface area (Å²) in [6.07, 6.45) is -1.05. The second-order valence-corrected chi connectivity index (χ2v) is 6.61. The molecule has 6 nitrogen and oxygen atoms in total. The molecule has 2 N–H and O–H groups in total. The van der Waals surface area contributed by atoms with Crippen LogP contribution in [0.5, 0.6) is 0 Å². The normalized spacial score (nSPS) is 14.0. The van der Waals surface area contributed by atoms with Gasteiger partial charge in [0.05, 0.1) is 17.0 Å². The Balaban J connectivity index is 1.63. The van der Waals surface area contributed by atoms with Crippen LogP contribution in [0.2, 0.25) is 0 Å². The molecule has 0 unspecified atom stereocenters. The van der Waals surface area contributed by atoms with Crippen LogP contribution in [0.25, 0.3) is 0 Å². The van der Waals surface area contributed by atoms with Crippen molar-refractivity contribution in [2.75, 3.05) is 16.4 Å². The third kappa shape index (κ3) is 4.20. The van der Waals surface area contributed by atoms with Crippen molar-refractivity contribution in [3.8, 4) is 0 Å². The Labute approximate surface area is 153 Å². The number of amides is 2. The maximum atomic E-state index is 12.9. The summed E-state index contributed by atoms with van der Waals surface area (Å²) in [5.41, 5.74) is 1.17. The molecular weight excluding hydrogens is 359 g/mol. The van der Waals surface area contributed by atoms with Crippen molar-refractivity contribution in [2.45, 2.75) is 17.9 Å². The number of nitrogens with one attached hydrogen (secondary N) is 2. The molecule has 0 spiro atoms. The second-order valence-electron chi connectivity index (χ2n) is 5.59. The largest absolute Gasteiger partial charge is 0.449 e. The minimum Gasteiger partial charge on any atom is -0.449 e. The van der Waals surface area contributed by atoms with Gasteiger partial charge in [0.25, 0.3) is 5.91 Å². The highest BCUT2D eigenvalue weighted by molar-refractivity contribution is 8.00. The number of carbonyl (C=O) groups excluding carboxylic acids is 3. The Morgan fingerprint density at radius 2 is 1.96 bits per heavy atom. The Morgan fingerprint density at radius 1 is 1.23 bits per heavy atom. The summed E-state index contributed by atoms with van der Waals surface area (Å²) in [6, 6.07) is 10.1. The Kier molecular flexibility index (Phi) is 5.22. The SMILES string of the molecule is C[C@@H](OC(=O)c1ccc2c(c1)NC(=O)CS2)C(=O)Nc1ccc(F)cc1. The molecule has 1 aliphatic rings. The number of esters is 1. The number of thioether (sulfide) groups is 1. The van der Waals surface area contributed by atoms with Gasteiger partial charge in [-0.25, -0.2) is 9.18 Å². The van der Waals surface area contributed by atoms with Gasteiger partial charge in [0.15, 0.2) is 6.10 Å². The number of hydrogen-bond donors (Lipinski definition) is 2. The van der Waals surface area contributed by atoms with E-state index in [9.17, 15) is 18.8 Å². The standard InChI is InChI=1S/C18H15FN2O4S/c1-10(17(23)20-13-5-3-12(19)4-6-13)25-18(24)11-2-7-15-14(8-11)21-16(22)9-26-15/h2-8,10H,9H2,1H3,(H,20,23)(H,21,22)/t10-/m1/s1. The average molecular weight is 374 g/mol. The molecule has 0 fully saturated rings. The van der Waals surface area contributed by atoms with Crippen molar-refractivity contribution >= 4 is 40.9 Å². The van der Waals surface area contributed by atoms with Crippen LogP contribution in [0.1, 0.15) is 17.3 Å². The Bertz CT molecular complexity index is 870.